The van der Waals surface area contributed by atoms with Crippen molar-refractivity contribution in [3.05, 3.63) is 5.82 Å². The second kappa shape index (κ2) is 4.86. The van der Waals surface area contributed by atoms with Gasteiger partial charge in [0, 0.05) is 13.0 Å². The lowest BCUT2D eigenvalue weighted by Gasteiger charge is -2.24. The molecule has 0 radical (unpaired) electrons. The van der Waals surface area contributed by atoms with Crippen LogP contribution in [0.3, 0.4) is 0 Å². The summed E-state index contributed by atoms with van der Waals surface area (Å²) in [5, 5.41) is 11.9. The van der Waals surface area contributed by atoms with Gasteiger partial charge >= 0.3 is 0 Å². The zero-order chi connectivity index (χ0) is 11.5. The third kappa shape index (κ3) is 2.37. The fourth-order valence-corrected chi connectivity index (χ4v) is 2.10. The van der Waals surface area contributed by atoms with E-state index in [4.69, 9.17) is 10.6 Å². The number of nitrogens with zero attached hydrogens (tertiary/aromatic N) is 4. The van der Waals surface area contributed by atoms with Crippen LogP contribution in [0.1, 0.15) is 19.2 Å². The van der Waals surface area contributed by atoms with Crippen molar-refractivity contribution in [2.24, 2.45) is 18.8 Å². The molecule has 3 unspecified atom stereocenters. The molecule has 1 aliphatic heterocycles. The number of nitrogens with one attached hydrogen (secondary N) is 1. The van der Waals surface area contributed by atoms with Gasteiger partial charge in [0.25, 0.3) is 0 Å². The molecule has 1 saturated heterocycles. The summed E-state index contributed by atoms with van der Waals surface area (Å²) < 4.78 is 5.67. The molecule has 0 aromatic carbocycles. The van der Waals surface area contributed by atoms with Gasteiger partial charge in [-0.3, -0.25) is 11.3 Å². The van der Waals surface area contributed by atoms with Gasteiger partial charge in [0.15, 0.2) is 5.82 Å². The van der Waals surface area contributed by atoms with E-state index < -0.39 is 0 Å². The summed E-state index contributed by atoms with van der Waals surface area (Å²) in [6.45, 7) is 2.98. The highest BCUT2D eigenvalue weighted by Gasteiger charge is 2.32. The summed E-state index contributed by atoms with van der Waals surface area (Å²) in [7, 11) is 1.75. The van der Waals surface area contributed by atoms with Gasteiger partial charge in [-0.15, -0.1) is 10.2 Å². The van der Waals surface area contributed by atoms with Crippen LogP contribution in [0.25, 0.3) is 0 Å². The Morgan fingerprint density at radius 2 is 2.50 bits per heavy atom. The Bertz CT molecular complexity index is 340. The van der Waals surface area contributed by atoms with Gasteiger partial charge in [-0.25, -0.2) is 0 Å². The van der Waals surface area contributed by atoms with Crippen molar-refractivity contribution in [2.45, 2.75) is 31.9 Å². The molecule has 3 atom stereocenters. The van der Waals surface area contributed by atoms with Crippen molar-refractivity contribution in [2.75, 3.05) is 6.61 Å². The summed E-state index contributed by atoms with van der Waals surface area (Å²) in [5.74, 6) is 6.76. The zero-order valence-corrected chi connectivity index (χ0v) is 9.63. The Balaban J connectivity index is 2.00. The summed E-state index contributed by atoms with van der Waals surface area (Å²) in [5.41, 5.74) is 2.79. The van der Waals surface area contributed by atoms with E-state index in [0.29, 0.717) is 18.2 Å². The highest BCUT2D eigenvalue weighted by molar-refractivity contribution is 4.91. The Morgan fingerprint density at radius 1 is 1.69 bits per heavy atom. The molecule has 0 spiro atoms. The molecule has 3 N–H and O–H groups in total. The molecule has 1 fully saturated rings. The zero-order valence-electron chi connectivity index (χ0n) is 9.63. The SMILES string of the molecule is CC1CCOC1C(Cc1nnn(C)n1)NN. The standard InChI is InChI=1S/C9H18N6O/c1-6-3-4-16-9(6)7(11-10)5-8-12-14-15(2)13-8/h6-7,9,11H,3-5,10H2,1-2H3. The molecule has 0 amide bonds. The minimum Gasteiger partial charge on any atom is -0.376 e. The Morgan fingerprint density at radius 3 is 3.00 bits per heavy atom. The van der Waals surface area contributed by atoms with Crippen LogP contribution in [0.4, 0.5) is 0 Å². The predicted octanol–water partition coefficient (Wildman–Crippen LogP) is -0.990. The lowest BCUT2D eigenvalue weighted by atomic mass is 9.96. The predicted molar refractivity (Wildman–Crippen MR) is 57.1 cm³/mol. The van der Waals surface area contributed by atoms with Gasteiger partial charge in [0.05, 0.1) is 19.2 Å². The summed E-state index contributed by atoms with van der Waals surface area (Å²) in [6, 6.07) is 0.0432. The second-order valence-electron chi connectivity index (χ2n) is 4.27. The number of tetrazole rings is 1. The molecule has 7 nitrogen and oxygen atoms in total. The third-order valence-electron chi connectivity index (χ3n) is 3.01. The maximum Gasteiger partial charge on any atom is 0.176 e. The fraction of sp³-hybridized carbons (Fsp3) is 0.889. The van der Waals surface area contributed by atoms with E-state index in [2.05, 4.69) is 27.8 Å². The van der Waals surface area contributed by atoms with E-state index in [1.807, 2.05) is 0 Å². The number of aryl methyl sites for hydroxylation is 1. The Hall–Kier alpha value is -1.05. The number of aromatic nitrogens is 4. The van der Waals surface area contributed by atoms with Crippen molar-refractivity contribution < 1.29 is 4.74 Å². The molecule has 1 aromatic heterocycles. The van der Waals surface area contributed by atoms with Gasteiger partial charge in [-0.1, -0.05) is 6.92 Å². The van der Waals surface area contributed by atoms with E-state index in [9.17, 15) is 0 Å². The van der Waals surface area contributed by atoms with Crippen molar-refractivity contribution in [3.8, 4) is 0 Å². The van der Waals surface area contributed by atoms with Crippen LogP contribution in [0.15, 0.2) is 0 Å². The smallest absolute Gasteiger partial charge is 0.176 e. The maximum absolute atomic E-state index is 5.67. The molecule has 90 valence electrons. The average Bonchev–Trinajstić information content (AvgIpc) is 2.84. The number of hydrogen-bond acceptors (Lipinski definition) is 6. The number of nitrogens with two attached hydrogens (primary N) is 1. The molecule has 2 heterocycles. The van der Waals surface area contributed by atoms with Crippen molar-refractivity contribution >= 4 is 0 Å². The first-order chi connectivity index (χ1) is 7.70. The highest BCUT2D eigenvalue weighted by atomic mass is 16.5. The third-order valence-corrected chi connectivity index (χ3v) is 3.01. The summed E-state index contributed by atoms with van der Waals surface area (Å²) in [6.07, 6.45) is 1.85. The molecule has 0 saturated carbocycles. The highest BCUT2D eigenvalue weighted by Crippen LogP contribution is 2.23. The maximum atomic E-state index is 5.67. The van der Waals surface area contributed by atoms with Crippen LogP contribution in [0, 0.1) is 5.92 Å². The molecule has 0 bridgehead atoms. The first-order valence-corrected chi connectivity index (χ1v) is 5.51. The molecule has 1 aliphatic rings. The summed E-state index contributed by atoms with van der Waals surface area (Å²) in [4.78, 5) is 1.45. The van der Waals surface area contributed by atoms with Crippen molar-refractivity contribution in [1.82, 2.24) is 25.6 Å². The number of hydrazine groups is 1. The fourth-order valence-electron chi connectivity index (χ4n) is 2.10. The lowest BCUT2D eigenvalue weighted by molar-refractivity contribution is 0.0604. The summed E-state index contributed by atoms with van der Waals surface area (Å²) >= 11 is 0. The molecular formula is C9H18N6O. The van der Waals surface area contributed by atoms with Gasteiger partial charge in [0.2, 0.25) is 0 Å². The minimum atomic E-state index is 0.0432. The van der Waals surface area contributed by atoms with E-state index in [0.717, 1.165) is 13.0 Å². The quantitative estimate of drug-likeness (QED) is 0.506. The van der Waals surface area contributed by atoms with Crippen LogP contribution in [0.5, 0.6) is 0 Å². The first-order valence-electron chi connectivity index (χ1n) is 5.51. The molecular weight excluding hydrogens is 208 g/mol. The lowest BCUT2D eigenvalue weighted by Crippen LogP contribution is -2.47. The van der Waals surface area contributed by atoms with E-state index in [1.165, 1.54) is 4.80 Å². The van der Waals surface area contributed by atoms with Gasteiger partial charge in [-0.2, -0.15) is 4.80 Å². The largest absolute Gasteiger partial charge is 0.376 e. The number of ether oxygens (including phenoxy) is 1. The number of rotatable bonds is 4. The van der Waals surface area contributed by atoms with Crippen molar-refractivity contribution in [1.29, 1.82) is 0 Å². The van der Waals surface area contributed by atoms with Gasteiger partial charge in [-0.05, 0) is 17.6 Å². The molecule has 1 aromatic rings. The van der Waals surface area contributed by atoms with Crippen LogP contribution in [-0.2, 0) is 18.2 Å². The van der Waals surface area contributed by atoms with Crippen LogP contribution >= 0.6 is 0 Å². The van der Waals surface area contributed by atoms with E-state index in [1.54, 1.807) is 7.05 Å². The normalized spacial score (nSPS) is 27.2. The monoisotopic (exact) mass is 226 g/mol. The molecule has 7 heteroatoms. The molecule has 0 aliphatic carbocycles. The molecule has 16 heavy (non-hydrogen) atoms. The van der Waals surface area contributed by atoms with Crippen LogP contribution in [-0.4, -0.2) is 39.0 Å². The Kier molecular flexibility index (Phi) is 3.47. The van der Waals surface area contributed by atoms with Crippen molar-refractivity contribution in [3.63, 3.8) is 0 Å². The second-order valence-corrected chi connectivity index (χ2v) is 4.27. The van der Waals surface area contributed by atoms with Gasteiger partial charge < -0.3 is 4.74 Å². The van der Waals surface area contributed by atoms with Crippen LogP contribution in [0.2, 0.25) is 0 Å². The average molecular weight is 226 g/mol. The number of hydrogen-bond donors (Lipinski definition) is 2. The van der Waals surface area contributed by atoms with Gasteiger partial charge in [0.1, 0.15) is 0 Å². The van der Waals surface area contributed by atoms with E-state index >= 15 is 0 Å². The molecule has 2 rings (SSSR count). The first kappa shape index (κ1) is 11.4. The minimum absolute atomic E-state index is 0.0432. The Labute approximate surface area is 94.3 Å². The van der Waals surface area contributed by atoms with Crippen LogP contribution < -0.4 is 11.3 Å². The van der Waals surface area contributed by atoms with E-state index in [-0.39, 0.29) is 12.1 Å². The topological polar surface area (TPSA) is 90.9 Å².